The van der Waals surface area contributed by atoms with Gasteiger partial charge in [-0.1, -0.05) is 30.7 Å². The molecule has 2 nitrogen and oxygen atoms in total. The molecular formula is C16H25ClN2. The van der Waals surface area contributed by atoms with Crippen LogP contribution in [0.4, 0.5) is 0 Å². The quantitative estimate of drug-likeness (QED) is 0.901. The number of piperidine rings is 1. The van der Waals surface area contributed by atoms with Crippen molar-refractivity contribution in [3.05, 3.63) is 34.9 Å². The molecule has 1 aliphatic rings. The summed E-state index contributed by atoms with van der Waals surface area (Å²) < 4.78 is 0. The van der Waals surface area contributed by atoms with Crippen molar-refractivity contribution in [3.63, 3.8) is 0 Å². The number of rotatable bonds is 4. The van der Waals surface area contributed by atoms with Crippen LogP contribution < -0.4 is 5.32 Å². The van der Waals surface area contributed by atoms with Crippen molar-refractivity contribution in [2.45, 2.75) is 44.7 Å². The standard InChI is InChI=1S/C16H25ClN2/c1-4-15(13-5-7-14(17)8-6-13)19-11-9-16(2,18-3)10-12-19/h5-8,15,18H,4,9-12H2,1-3H3. The zero-order chi connectivity index (χ0) is 13.9. The number of likely N-dealkylation sites (tertiary alicyclic amines) is 1. The van der Waals surface area contributed by atoms with E-state index in [0.29, 0.717) is 11.6 Å². The van der Waals surface area contributed by atoms with Crippen LogP contribution >= 0.6 is 11.6 Å². The molecule has 0 amide bonds. The van der Waals surface area contributed by atoms with Gasteiger partial charge >= 0.3 is 0 Å². The van der Waals surface area contributed by atoms with E-state index in [2.05, 4.69) is 43.2 Å². The Morgan fingerprint density at radius 2 is 1.84 bits per heavy atom. The zero-order valence-corrected chi connectivity index (χ0v) is 13.0. The van der Waals surface area contributed by atoms with E-state index < -0.39 is 0 Å². The summed E-state index contributed by atoms with van der Waals surface area (Å²) in [7, 11) is 2.08. The molecule has 0 radical (unpaired) electrons. The van der Waals surface area contributed by atoms with E-state index >= 15 is 0 Å². The van der Waals surface area contributed by atoms with Gasteiger partial charge in [0.15, 0.2) is 0 Å². The number of nitrogens with zero attached hydrogens (tertiary/aromatic N) is 1. The Hall–Kier alpha value is -0.570. The van der Waals surface area contributed by atoms with Crippen molar-refractivity contribution in [2.24, 2.45) is 0 Å². The second-order valence-electron chi connectivity index (χ2n) is 5.82. The summed E-state index contributed by atoms with van der Waals surface area (Å²) in [6, 6.07) is 8.87. The summed E-state index contributed by atoms with van der Waals surface area (Å²) in [5.41, 5.74) is 1.70. The van der Waals surface area contributed by atoms with Gasteiger partial charge < -0.3 is 5.32 Å². The van der Waals surface area contributed by atoms with E-state index in [1.807, 2.05) is 12.1 Å². The average Bonchev–Trinajstić information content (AvgIpc) is 2.44. The van der Waals surface area contributed by atoms with Gasteiger partial charge in [0.1, 0.15) is 0 Å². The Morgan fingerprint density at radius 1 is 1.26 bits per heavy atom. The summed E-state index contributed by atoms with van der Waals surface area (Å²) >= 11 is 5.98. The van der Waals surface area contributed by atoms with Gasteiger partial charge in [0, 0.05) is 29.7 Å². The normalized spacial score (nSPS) is 21.3. The first-order valence-corrected chi connectivity index (χ1v) is 7.64. The Morgan fingerprint density at radius 3 is 2.32 bits per heavy atom. The molecule has 0 spiro atoms. The van der Waals surface area contributed by atoms with Gasteiger partial charge in [-0.2, -0.15) is 0 Å². The van der Waals surface area contributed by atoms with E-state index in [1.165, 1.54) is 31.5 Å². The van der Waals surface area contributed by atoms with Crippen LogP contribution in [-0.4, -0.2) is 30.6 Å². The van der Waals surface area contributed by atoms with Crippen LogP contribution in [0, 0.1) is 0 Å². The first-order chi connectivity index (χ1) is 9.08. The fraction of sp³-hybridized carbons (Fsp3) is 0.625. The van der Waals surface area contributed by atoms with Crippen molar-refractivity contribution in [2.75, 3.05) is 20.1 Å². The molecule has 0 bridgehead atoms. The third kappa shape index (κ3) is 3.50. The number of halogens is 1. The fourth-order valence-corrected chi connectivity index (χ4v) is 3.09. The summed E-state index contributed by atoms with van der Waals surface area (Å²) in [5, 5.41) is 4.28. The minimum absolute atomic E-state index is 0.314. The molecule has 1 aromatic carbocycles. The number of hydrogen-bond acceptors (Lipinski definition) is 2. The van der Waals surface area contributed by atoms with E-state index in [4.69, 9.17) is 11.6 Å². The van der Waals surface area contributed by atoms with Crippen molar-refractivity contribution < 1.29 is 0 Å². The van der Waals surface area contributed by atoms with E-state index in [-0.39, 0.29) is 0 Å². The van der Waals surface area contributed by atoms with E-state index in [9.17, 15) is 0 Å². The molecule has 1 atom stereocenters. The third-order valence-electron chi connectivity index (χ3n) is 4.59. The molecule has 0 aliphatic carbocycles. The molecule has 1 unspecified atom stereocenters. The highest BCUT2D eigenvalue weighted by molar-refractivity contribution is 6.30. The largest absolute Gasteiger partial charge is 0.314 e. The van der Waals surface area contributed by atoms with Crippen LogP contribution in [0.15, 0.2) is 24.3 Å². The van der Waals surface area contributed by atoms with Gasteiger partial charge in [0.05, 0.1) is 0 Å². The maximum absolute atomic E-state index is 5.98. The minimum Gasteiger partial charge on any atom is -0.314 e. The van der Waals surface area contributed by atoms with Crippen molar-refractivity contribution >= 4 is 11.6 Å². The maximum Gasteiger partial charge on any atom is 0.0406 e. The van der Waals surface area contributed by atoms with Crippen LogP contribution in [-0.2, 0) is 0 Å². The molecule has 1 heterocycles. The number of benzene rings is 1. The summed E-state index contributed by atoms with van der Waals surface area (Å²) in [6.45, 7) is 6.93. The van der Waals surface area contributed by atoms with Crippen LogP contribution in [0.3, 0.4) is 0 Å². The zero-order valence-electron chi connectivity index (χ0n) is 12.2. The topological polar surface area (TPSA) is 15.3 Å². The van der Waals surface area contributed by atoms with Gasteiger partial charge in [-0.25, -0.2) is 0 Å². The lowest BCUT2D eigenvalue weighted by Gasteiger charge is -2.42. The molecule has 0 aromatic heterocycles. The first kappa shape index (κ1) is 14.8. The molecule has 1 aromatic rings. The Balaban J connectivity index is 2.05. The lowest BCUT2D eigenvalue weighted by molar-refractivity contribution is 0.107. The minimum atomic E-state index is 0.314. The third-order valence-corrected chi connectivity index (χ3v) is 4.84. The Kier molecular flexibility index (Phi) is 4.88. The second-order valence-corrected chi connectivity index (χ2v) is 6.26. The summed E-state index contributed by atoms with van der Waals surface area (Å²) in [5.74, 6) is 0. The van der Waals surface area contributed by atoms with E-state index in [1.54, 1.807) is 0 Å². The van der Waals surface area contributed by atoms with E-state index in [0.717, 1.165) is 11.4 Å². The lowest BCUT2D eigenvalue weighted by Crippen LogP contribution is -2.50. The fourth-order valence-electron chi connectivity index (χ4n) is 2.97. The van der Waals surface area contributed by atoms with Crippen LogP contribution in [0.1, 0.15) is 44.7 Å². The molecule has 106 valence electrons. The average molecular weight is 281 g/mol. The van der Waals surface area contributed by atoms with Gasteiger partial charge in [-0.15, -0.1) is 0 Å². The molecule has 1 aliphatic heterocycles. The predicted octanol–water partition coefficient (Wildman–Crippen LogP) is 3.87. The molecule has 1 saturated heterocycles. The van der Waals surface area contributed by atoms with Crippen molar-refractivity contribution in [1.29, 1.82) is 0 Å². The van der Waals surface area contributed by atoms with Crippen molar-refractivity contribution in [1.82, 2.24) is 10.2 Å². The summed E-state index contributed by atoms with van der Waals surface area (Å²) in [6.07, 6.45) is 3.58. The Bertz CT molecular complexity index is 394. The molecule has 1 fully saturated rings. The first-order valence-electron chi connectivity index (χ1n) is 7.26. The molecule has 19 heavy (non-hydrogen) atoms. The Labute approximate surface area is 122 Å². The number of nitrogens with one attached hydrogen (secondary N) is 1. The molecule has 2 rings (SSSR count). The highest BCUT2D eigenvalue weighted by Gasteiger charge is 2.31. The molecule has 1 N–H and O–H groups in total. The van der Waals surface area contributed by atoms with Gasteiger partial charge in [-0.3, -0.25) is 4.90 Å². The lowest BCUT2D eigenvalue weighted by atomic mass is 9.88. The SMILES string of the molecule is CCC(c1ccc(Cl)cc1)N1CCC(C)(NC)CC1. The monoisotopic (exact) mass is 280 g/mol. The molecule has 0 saturated carbocycles. The van der Waals surface area contributed by atoms with Crippen LogP contribution in [0.25, 0.3) is 0 Å². The van der Waals surface area contributed by atoms with Gasteiger partial charge in [0.2, 0.25) is 0 Å². The second kappa shape index (κ2) is 6.25. The predicted molar refractivity (Wildman–Crippen MR) is 82.8 cm³/mol. The molecule has 3 heteroatoms. The smallest absolute Gasteiger partial charge is 0.0406 e. The maximum atomic E-state index is 5.98. The van der Waals surface area contributed by atoms with Gasteiger partial charge in [0.25, 0.3) is 0 Å². The highest BCUT2D eigenvalue weighted by Crippen LogP contribution is 2.31. The van der Waals surface area contributed by atoms with Gasteiger partial charge in [-0.05, 0) is 50.9 Å². The van der Waals surface area contributed by atoms with Crippen LogP contribution in [0.5, 0.6) is 0 Å². The van der Waals surface area contributed by atoms with Crippen LogP contribution in [0.2, 0.25) is 5.02 Å². The summed E-state index contributed by atoms with van der Waals surface area (Å²) in [4.78, 5) is 2.61. The van der Waals surface area contributed by atoms with Crippen molar-refractivity contribution in [3.8, 4) is 0 Å². The molecular weight excluding hydrogens is 256 g/mol. The number of hydrogen-bond donors (Lipinski definition) is 1. The highest BCUT2D eigenvalue weighted by atomic mass is 35.5.